The number of carbonyl (C=O) groups is 2. The number of allylic oxidation sites excluding steroid dienone is 2. The molecule has 0 unspecified atom stereocenters. The van der Waals surface area contributed by atoms with Gasteiger partial charge >= 0.3 is 0 Å². The SMILES string of the molecule is CC1=CC[C@H]2C(=O)N(c3ccc(Oc4cccc(C)c4C)cc3)C(=O)[C@@H]2C1. The number of hydrogen-bond donors (Lipinski definition) is 0. The Balaban J connectivity index is 1.55. The highest BCUT2D eigenvalue weighted by atomic mass is 16.5. The van der Waals surface area contributed by atoms with Gasteiger partial charge in [-0.3, -0.25) is 14.5 Å². The summed E-state index contributed by atoms with van der Waals surface area (Å²) < 4.78 is 5.97. The van der Waals surface area contributed by atoms with Crippen molar-refractivity contribution in [2.45, 2.75) is 33.6 Å². The number of benzene rings is 2. The van der Waals surface area contributed by atoms with Crippen molar-refractivity contribution in [2.75, 3.05) is 4.90 Å². The molecule has 0 saturated carbocycles. The Hall–Kier alpha value is -2.88. The lowest BCUT2D eigenvalue weighted by atomic mass is 9.82. The van der Waals surface area contributed by atoms with Crippen molar-refractivity contribution in [3.05, 3.63) is 65.2 Å². The van der Waals surface area contributed by atoms with Crippen LogP contribution in [0.1, 0.15) is 30.9 Å². The van der Waals surface area contributed by atoms with Gasteiger partial charge in [0.15, 0.2) is 0 Å². The lowest BCUT2D eigenvalue weighted by Gasteiger charge is -2.18. The minimum Gasteiger partial charge on any atom is -0.457 e. The number of imide groups is 1. The van der Waals surface area contributed by atoms with Gasteiger partial charge in [-0.05, 0) is 75.1 Å². The van der Waals surface area contributed by atoms with Crippen LogP contribution >= 0.6 is 0 Å². The standard InChI is InChI=1S/C23H23NO3/c1-14-7-12-19-20(13-14)23(26)24(22(19)25)17-8-10-18(11-9-17)27-21-6-4-5-15(2)16(21)3/h4-11,19-20H,12-13H2,1-3H3/t19-,20-/m1/s1. The zero-order chi connectivity index (χ0) is 19.1. The summed E-state index contributed by atoms with van der Waals surface area (Å²) in [5.41, 5.74) is 4.07. The molecular formula is C23H23NO3. The van der Waals surface area contributed by atoms with E-state index in [1.54, 1.807) is 12.1 Å². The van der Waals surface area contributed by atoms with Crippen molar-refractivity contribution in [3.8, 4) is 11.5 Å². The molecule has 1 aliphatic heterocycles. The molecule has 1 heterocycles. The normalized spacial score (nSPS) is 21.9. The summed E-state index contributed by atoms with van der Waals surface area (Å²) in [7, 11) is 0. The Bertz CT molecular complexity index is 943. The van der Waals surface area contributed by atoms with E-state index in [0.717, 1.165) is 11.3 Å². The van der Waals surface area contributed by atoms with Gasteiger partial charge in [-0.2, -0.15) is 0 Å². The molecule has 2 aromatic carbocycles. The van der Waals surface area contributed by atoms with E-state index in [1.165, 1.54) is 16.0 Å². The second-order valence-electron chi connectivity index (χ2n) is 7.51. The van der Waals surface area contributed by atoms with Gasteiger partial charge in [0, 0.05) is 0 Å². The first-order valence-corrected chi connectivity index (χ1v) is 9.33. The lowest BCUT2D eigenvalue weighted by molar-refractivity contribution is -0.122. The number of hydrogen-bond acceptors (Lipinski definition) is 3. The summed E-state index contributed by atoms with van der Waals surface area (Å²) in [6, 6.07) is 13.1. The number of ether oxygens (including phenoxy) is 1. The topological polar surface area (TPSA) is 46.6 Å². The third-order valence-electron chi connectivity index (χ3n) is 5.70. The molecule has 0 N–H and O–H groups in total. The first-order chi connectivity index (χ1) is 13.0. The van der Waals surface area contributed by atoms with Crippen LogP contribution in [0.15, 0.2) is 54.1 Å². The Morgan fingerprint density at radius 1 is 0.926 bits per heavy atom. The fourth-order valence-electron chi connectivity index (χ4n) is 3.92. The van der Waals surface area contributed by atoms with E-state index in [2.05, 4.69) is 6.08 Å². The maximum atomic E-state index is 12.8. The van der Waals surface area contributed by atoms with E-state index < -0.39 is 0 Å². The van der Waals surface area contributed by atoms with Gasteiger partial charge in [0.2, 0.25) is 11.8 Å². The van der Waals surface area contributed by atoms with E-state index in [1.807, 2.05) is 51.1 Å². The summed E-state index contributed by atoms with van der Waals surface area (Å²) >= 11 is 0. The van der Waals surface area contributed by atoms with Crippen LogP contribution in [0.3, 0.4) is 0 Å². The van der Waals surface area contributed by atoms with Gasteiger partial charge in [-0.15, -0.1) is 0 Å². The summed E-state index contributed by atoms with van der Waals surface area (Å²) in [6.45, 7) is 6.10. The molecule has 4 heteroatoms. The number of fused-ring (bicyclic) bond motifs is 1. The number of anilines is 1. The highest BCUT2D eigenvalue weighted by molar-refractivity contribution is 6.22. The van der Waals surface area contributed by atoms with Gasteiger partial charge in [-0.25, -0.2) is 0 Å². The van der Waals surface area contributed by atoms with Crippen LogP contribution in [0.4, 0.5) is 5.69 Å². The van der Waals surface area contributed by atoms with Crippen LogP contribution in [0.5, 0.6) is 11.5 Å². The molecule has 2 aliphatic rings. The van der Waals surface area contributed by atoms with Crippen molar-refractivity contribution in [1.82, 2.24) is 0 Å². The van der Waals surface area contributed by atoms with Crippen molar-refractivity contribution in [2.24, 2.45) is 11.8 Å². The van der Waals surface area contributed by atoms with E-state index in [9.17, 15) is 9.59 Å². The van der Waals surface area contributed by atoms with Gasteiger partial charge < -0.3 is 4.74 Å². The average Bonchev–Trinajstić information content (AvgIpc) is 2.90. The van der Waals surface area contributed by atoms with Crippen LogP contribution in [0.2, 0.25) is 0 Å². The monoisotopic (exact) mass is 361 g/mol. The number of amides is 2. The highest BCUT2D eigenvalue weighted by Gasteiger charge is 2.48. The van der Waals surface area contributed by atoms with Gasteiger partial charge in [0.05, 0.1) is 17.5 Å². The Labute approximate surface area is 159 Å². The fourth-order valence-corrected chi connectivity index (χ4v) is 3.92. The molecule has 1 aliphatic carbocycles. The molecule has 0 bridgehead atoms. The predicted octanol–water partition coefficient (Wildman–Crippen LogP) is 4.94. The lowest BCUT2D eigenvalue weighted by Crippen LogP contribution is -2.30. The molecule has 0 aromatic heterocycles. The second-order valence-corrected chi connectivity index (χ2v) is 7.51. The van der Waals surface area contributed by atoms with Crippen molar-refractivity contribution in [1.29, 1.82) is 0 Å². The van der Waals surface area contributed by atoms with Crippen molar-refractivity contribution >= 4 is 17.5 Å². The summed E-state index contributed by atoms with van der Waals surface area (Å²) in [6.07, 6.45) is 3.42. The minimum absolute atomic E-state index is 0.0827. The molecule has 4 rings (SSSR count). The van der Waals surface area contributed by atoms with Crippen LogP contribution in [-0.2, 0) is 9.59 Å². The smallest absolute Gasteiger partial charge is 0.238 e. The van der Waals surface area contributed by atoms with E-state index in [-0.39, 0.29) is 23.7 Å². The first kappa shape index (κ1) is 17.5. The molecule has 0 spiro atoms. The minimum atomic E-state index is -0.216. The van der Waals surface area contributed by atoms with Gasteiger partial charge in [0.1, 0.15) is 11.5 Å². The molecule has 138 valence electrons. The summed E-state index contributed by atoms with van der Waals surface area (Å²) in [5, 5.41) is 0. The van der Waals surface area contributed by atoms with Crippen LogP contribution in [0.25, 0.3) is 0 Å². The van der Waals surface area contributed by atoms with E-state index >= 15 is 0 Å². The number of carbonyl (C=O) groups excluding carboxylic acids is 2. The zero-order valence-electron chi connectivity index (χ0n) is 15.9. The molecule has 2 atom stereocenters. The third kappa shape index (κ3) is 3.05. The molecule has 27 heavy (non-hydrogen) atoms. The molecule has 2 aromatic rings. The van der Waals surface area contributed by atoms with Crippen molar-refractivity contribution < 1.29 is 14.3 Å². The quantitative estimate of drug-likeness (QED) is 0.574. The number of nitrogens with zero attached hydrogens (tertiary/aromatic N) is 1. The van der Waals surface area contributed by atoms with E-state index in [0.29, 0.717) is 24.3 Å². The Kier molecular flexibility index (Phi) is 4.34. The second kappa shape index (κ2) is 6.69. The van der Waals surface area contributed by atoms with Crippen LogP contribution in [-0.4, -0.2) is 11.8 Å². The highest BCUT2D eigenvalue weighted by Crippen LogP contribution is 2.40. The molecule has 1 saturated heterocycles. The van der Waals surface area contributed by atoms with Gasteiger partial charge in [-0.1, -0.05) is 23.8 Å². The third-order valence-corrected chi connectivity index (χ3v) is 5.70. The fraction of sp³-hybridized carbons (Fsp3) is 0.304. The summed E-state index contributed by atoms with van der Waals surface area (Å²) in [5.74, 6) is 0.892. The maximum Gasteiger partial charge on any atom is 0.238 e. The number of aryl methyl sites for hydroxylation is 1. The summed E-state index contributed by atoms with van der Waals surface area (Å²) in [4.78, 5) is 26.9. The Morgan fingerprint density at radius 2 is 1.63 bits per heavy atom. The Morgan fingerprint density at radius 3 is 2.37 bits per heavy atom. The van der Waals surface area contributed by atoms with Crippen LogP contribution in [0, 0.1) is 25.7 Å². The molecule has 1 fully saturated rings. The van der Waals surface area contributed by atoms with Crippen molar-refractivity contribution in [3.63, 3.8) is 0 Å². The first-order valence-electron chi connectivity index (χ1n) is 9.33. The van der Waals surface area contributed by atoms with Crippen LogP contribution < -0.4 is 9.64 Å². The zero-order valence-corrected chi connectivity index (χ0v) is 15.9. The molecule has 0 radical (unpaired) electrons. The maximum absolute atomic E-state index is 12.8. The number of rotatable bonds is 3. The van der Waals surface area contributed by atoms with Gasteiger partial charge in [0.25, 0.3) is 0 Å². The van der Waals surface area contributed by atoms with E-state index in [4.69, 9.17) is 4.74 Å². The largest absolute Gasteiger partial charge is 0.457 e. The molecule has 4 nitrogen and oxygen atoms in total. The average molecular weight is 361 g/mol. The molecule has 2 amide bonds. The predicted molar refractivity (Wildman–Crippen MR) is 105 cm³/mol. The molecular weight excluding hydrogens is 338 g/mol.